The fraction of sp³-hybridized carbons (Fsp3) is 0.167. The van der Waals surface area contributed by atoms with E-state index in [1.807, 2.05) is 61.5 Å². The minimum absolute atomic E-state index is 0.0586. The Morgan fingerprint density at radius 1 is 0.789 bits per heavy atom. The average Bonchev–Trinajstić information content (AvgIpc) is 2.96. The molecule has 0 aliphatic heterocycles. The van der Waals surface area contributed by atoms with E-state index in [1.54, 1.807) is 30.3 Å². The van der Waals surface area contributed by atoms with E-state index in [9.17, 15) is 13.2 Å². The standard InChI is InChI=1S/C30H30N2O5S/c1-21-10-12-23(13-11-21)29(22-8-6-5-7-9-22)31-30(33)24-14-16-25(17-15-24)32(2)38(34,35)26-18-19-27(36-3)28(20-26)37-4/h5-20,29H,1-4H3,(H,31,33). The molecule has 0 saturated carbocycles. The number of ether oxygens (including phenoxy) is 2. The Bertz CT molecular complexity index is 1500. The number of aryl methyl sites for hydroxylation is 1. The van der Waals surface area contributed by atoms with Crippen molar-refractivity contribution >= 4 is 21.6 Å². The second kappa shape index (κ2) is 11.4. The van der Waals surface area contributed by atoms with Crippen molar-refractivity contribution < 1.29 is 22.7 Å². The fourth-order valence-corrected chi connectivity index (χ4v) is 5.29. The number of hydrogen-bond donors (Lipinski definition) is 1. The number of nitrogens with one attached hydrogen (secondary N) is 1. The van der Waals surface area contributed by atoms with Crippen molar-refractivity contribution in [3.8, 4) is 11.5 Å². The molecule has 0 aliphatic rings. The van der Waals surface area contributed by atoms with Crippen molar-refractivity contribution in [3.05, 3.63) is 119 Å². The minimum atomic E-state index is -3.88. The lowest BCUT2D eigenvalue weighted by Crippen LogP contribution is -2.29. The molecule has 7 nitrogen and oxygen atoms in total. The third-order valence-electron chi connectivity index (χ3n) is 6.33. The maximum Gasteiger partial charge on any atom is 0.264 e. The van der Waals surface area contributed by atoms with Gasteiger partial charge in [-0.15, -0.1) is 0 Å². The van der Waals surface area contributed by atoms with Crippen LogP contribution in [0.2, 0.25) is 0 Å². The van der Waals surface area contributed by atoms with Crippen LogP contribution in [0.3, 0.4) is 0 Å². The molecule has 0 heterocycles. The van der Waals surface area contributed by atoms with Gasteiger partial charge in [0.15, 0.2) is 11.5 Å². The Labute approximate surface area is 223 Å². The first-order valence-corrected chi connectivity index (χ1v) is 13.4. The van der Waals surface area contributed by atoms with Crippen LogP contribution in [0.25, 0.3) is 0 Å². The van der Waals surface area contributed by atoms with Crippen LogP contribution in [0.15, 0.2) is 102 Å². The van der Waals surface area contributed by atoms with Crippen LogP contribution in [0.1, 0.15) is 33.1 Å². The van der Waals surface area contributed by atoms with E-state index in [-0.39, 0.29) is 16.8 Å². The Morgan fingerprint density at radius 3 is 2.00 bits per heavy atom. The zero-order valence-electron chi connectivity index (χ0n) is 21.7. The van der Waals surface area contributed by atoms with Gasteiger partial charge in [0.2, 0.25) is 0 Å². The number of nitrogens with zero attached hydrogens (tertiary/aromatic N) is 1. The summed E-state index contributed by atoms with van der Waals surface area (Å²) < 4.78 is 38.1. The molecule has 1 amide bonds. The van der Waals surface area contributed by atoms with Crippen LogP contribution >= 0.6 is 0 Å². The molecule has 38 heavy (non-hydrogen) atoms. The smallest absolute Gasteiger partial charge is 0.264 e. The Morgan fingerprint density at radius 2 is 1.39 bits per heavy atom. The van der Waals surface area contributed by atoms with E-state index in [1.165, 1.54) is 33.4 Å². The molecule has 196 valence electrons. The molecule has 0 radical (unpaired) electrons. The highest BCUT2D eigenvalue weighted by Crippen LogP contribution is 2.32. The third-order valence-corrected chi connectivity index (χ3v) is 8.11. The summed E-state index contributed by atoms with van der Waals surface area (Å²) in [4.78, 5) is 13.3. The zero-order chi connectivity index (χ0) is 27.3. The number of sulfonamides is 1. The predicted molar refractivity (Wildman–Crippen MR) is 149 cm³/mol. The van der Waals surface area contributed by atoms with Crippen molar-refractivity contribution in [1.82, 2.24) is 5.32 Å². The van der Waals surface area contributed by atoms with Crippen molar-refractivity contribution in [2.24, 2.45) is 0 Å². The number of hydrogen-bond acceptors (Lipinski definition) is 5. The lowest BCUT2D eigenvalue weighted by Gasteiger charge is -2.22. The lowest BCUT2D eigenvalue weighted by atomic mass is 9.97. The molecular weight excluding hydrogens is 500 g/mol. The summed E-state index contributed by atoms with van der Waals surface area (Å²) in [6, 6.07) is 28.3. The average molecular weight is 531 g/mol. The van der Waals surface area contributed by atoms with E-state index in [4.69, 9.17) is 9.47 Å². The summed E-state index contributed by atoms with van der Waals surface area (Å²) in [5, 5.41) is 3.12. The first-order chi connectivity index (χ1) is 18.2. The van der Waals surface area contributed by atoms with Crippen molar-refractivity contribution in [2.45, 2.75) is 17.9 Å². The molecule has 0 aliphatic carbocycles. The highest BCUT2D eigenvalue weighted by molar-refractivity contribution is 7.92. The maximum atomic E-state index is 13.3. The van der Waals surface area contributed by atoms with E-state index < -0.39 is 10.0 Å². The molecule has 1 N–H and O–H groups in total. The Balaban J connectivity index is 1.56. The van der Waals surface area contributed by atoms with E-state index in [2.05, 4.69) is 5.32 Å². The van der Waals surface area contributed by atoms with Crippen LogP contribution in [0, 0.1) is 6.92 Å². The van der Waals surface area contributed by atoms with Crippen LogP contribution in [-0.2, 0) is 10.0 Å². The largest absolute Gasteiger partial charge is 0.493 e. The number of rotatable bonds is 9. The molecule has 0 aromatic heterocycles. The predicted octanol–water partition coefficient (Wildman–Crippen LogP) is 5.36. The van der Waals surface area contributed by atoms with Crippen LogP contribution < -0.4 is 19.1 Å². The van der Waals surface area contributed by atoms with Gasteiger partial charge in [0, 0.05) is 18.7 Å². The molecule has 8 heteroatoms. The molecule has 0 bridgehead atoms. The molecular formula is C30H30N2O5S. The van der Waals surface area contributed by atoms with Gasteiger partial charge in [-0.1, -0.05) is 60.2 Å². The van der Waals surface area contributed by atoms with Gasteiger partial charge in [-0.05, 0) is 54.4 Å². The topological polar surface area (TPSA) is 84.9 Å². The molecule has 1 unspecified atom stereocenters. The molecule has 1 atom stereocenters. The van der Waals surface area contributed by atoms with Gasteiger partial charge >= 0.3 is 0 Å². The normalized spacial score (nSPS) is 11.9. The van der Waals surface area contributed by atoms with Crippen molar-refractivity contribution in [3.63, 3.8) is 0 Å². The quantitative estimate of drug-likeness (QED) is 0.315. The third kappa shape index (κ3) is 5.65. The maximum absolute atomic E-state index is 13.3. The second-order valence-electron chi connectivity index (χ2n) is 8.76. The van der Waals surface area contributed by atoms with E-state index in [0.717, 1.165) is 21.0 Å². The van der Waals surface area contributed by atoms with Crippen LogP contribution in [-0.4, -0.2) is 35.6 Å². The lowest BCUT2D eigenvalue weighted by molar-refractivity contribution is 0.0943. The first kappa shape index (κ1) is 26.8. The van der Waals surface area contributed by atoms with Gasteiger partial charge in [-0.25, -0.2) is 8.42 Å². The van der Waals surface area contributed by atoms with Gasteiger partial charge in [0.05, 0.1) is 30.8 Å². The zero-order valence-corrected chi connectivity index (χ0v) is 22.5. The van der Waals surface area contributed by atoms with Gasteiger partial charge in [-0.2, -0.15) is 0 Å². The van der Waals surface area contributed by atoms with Gasteiger partial charge in [0.25, 0.3) is 15.9 Å². The summed E-state index contributed by atoms with van der Waals surface area (Å²) in [6.45, 7) is 2.02. The summed E-state index contributed by atoms with van der Waals surface area (Å²) in [5.74, 6) is 0.482. The summed E-state index contributed by atoms with van der Waals surface area (Å²) in [7, 11) is 0.514. The number of carbonyl (C=O) groups is 1. The van der Waals surface area contributed by atoms with Crippen molar-refractivity contribution in [1.29, 1.82) is 0 Å². The molecule has 0 fully saturated rings. The Kier molecular flexibility index (Phi) is 8.02. The van der Waals surface area contributed by atoms with E-state index >= 15 is 0 Å². The molecule has 0 spiro atoms. The van der Waals surface area contributed by atoms with Gasteiger partial charge in [0.1, 0.15) is 0 Å². The van der Waals surface area contributed by atoms with Crippen LogP contribution in [0.5, 0.6) is 11.5 Å². The molecule has 4 aromatic carbocycles. The van der Waals surface area contributed by atoms with Gasteiger partial charge in [-0.3, -0.25) is 9.10 Å². The summed E-state index contributed by atoms with van der Waals surface area (Å²) in [5.41, 5.74) is 3.89. The second-order valence-corrected chi connectivity index (χ2v) is 10.7. The first-order valence-electron chi connectivity index (χ1n) is 12.0. The molecule has 4 aromatic rings. The summed E-state index contributed by atoms with van der Waals surface area (Å²) in [6.07, 6.45) is 0. The fourth-order valence-electron chi connectivity index (χ4n) is 4.07. The number of amides is 1. The monoisotopic (exact) mass is 530 g/mol. The Hall–Kier alpha value is -4.30. The molecule has 0 saturated heterocycles. The number of benzene rings is 4. The number of methoxy groups -OCH3 is 2. The van der Waals surface area contributed by atoms with Crippen molar-refractivity contribution in [2.75, 3.05) is 25.6 Å². The summed E-state index contributed by atoms with van der Waals surface area (Å²) >= 11 is 0. The molecule has 4 rings (SSSR count). The number of carbonyl (C=O) groups excluding carboxylic acids is 1. The van der Waals surface area contributed by atoms with E-state index in [0.29, 0.717) is 22.7 Å². The SMILES string of the molecule is COc1ccc(S(=O)(=O)N(C)c2ccc(C(=O)NC(c3ccccc3)c3ccc(C)cc3)cc2)cc1OC. The highest BCUT2D eigenvalue weighted by Gasteiger charge is 2.24. The van der Waals surface area contributed by atoms with Gasteiger partial charge < -0.3 is 14.8 Å². The van der Waals surface area contributed by atoms with Crippen LogP contribution in [0.4, 0.5) is 5.69 Å². The number of anilines is 1. The minimum Gasteiger partial charge on any atom is -0.493 e. The highest BCUT2D eigenvalue weighted by atomic mass is 32.2.